The van der Waals surface area contributed by atoms with E-state index in [1.165, 1.54) is 6.26 Å². The van der Waals surface area contributed by atoms with Crippen LogP contribution in [-0.4, -0.2) is 94.9 Å². The van der Waals surface area contributed by atoms with Gasteiger partial charge in [-0.3, -0.25) is 24.5 Å². The molecule has 2 aromatic heterocycles. The van der Waals surface area contributed by atoms with Crippen molar-refractivity contribution >= 4 is 56.4 Å². The molecule has 3 aliphatic rings. The van der Waals surface area contributed by atoms with Crippen LogP contribution in [0.15, 0.2) is 89.8 Å². The zero-order chi connectivity index (χ0) is 40.4. The first-order chi connectivity index (χ1) is 28.0. The lowest BCUT2D eigenvalue weighted by molar-refractivity contribution is -0.137. The SMILES string of the molecule is CS(=O)(=O)c1ccc(-c2cccc3nc(Nc4ccc(N5CCN(C(=O)CCCCCCc6ccc7c(c6)CN(C6CCC(=O)NC6=O)C7=O)CC5)cc4)nn23)cc1. The molecule has 300 valence electrons. The minimum absolute atomic E-state index is 0.153. The molecule has 58 heavy (non-hydrogen) atoms. The number of anilines is 3. The van der Waals surface area contributed by atoms with Crippen molar-refractivity contribution in [3.05, 3.63) is 102 Å². The van der Waals surface area contributed by atoms with E-state index < -0.39 is 21.8 Å². The number of nitrogens with one attached hydrogen (secondary N) is 2. The van der Waals surface area contributed by atoms with Gasteiger partial charge in [-0.15, -0.1) is 5.10 Å². The molecule has 0 saturated carbocycles. The van der Waals surface area contributed by atoms with Crippen LogP contribution >= 0.6 is 0 Å². The Morgan fingerprint density at radius 1 is 0.879 bits per heavy atom. The van der Waals surface area contributed by atoms with Crippen LogP contribution in [0.2, 0.25) is 0 Å². The van der Waals surface area contributed by atoms with Gasteiger partial charge in [0.15, 0.2) is 15.5 Å². The lowest BCUT2D eigenvalue weighted by Gasteiger charge is -2.36. The number of fused-ring (bicyclic) bond motifs is 2. The maximum Gasteiger partial charge on any atom is 0.255 e. The van der Waals surface area contributed by atoms with Crippen LogP contribution in [-0.2, 0) is 37.2 Å². The molecule has 14 nitrogen and oxygen atoms in total. The van der Waals surface area contributed by atoms with Crippen molar-refractivity contribution in [2.24, 2.45) is 0 Å². The zero-order valence-corrected chi connectivity index (χ0v) is 33.2. The number of hydrogen-bond acceptors (Lipinski definition) is 10. The lowest BCUT2D eigenvalue weighted by atomic mass is 10.0. The molecule has 1 atom stereocenters. The Hall–Kier alpha value is -6.09. The fraction of sp³-hybridized carbons (Fsp3) is 0.349. The molecule has 0 bridgehead atoms. The van der Waals surface area contributed by atoms with Gasteiger partial charge in [-0.05, 0) is 91.4 Å². The van der Waals surface area contributed by atoms with Crippen LogP contribution in [0.4, 0.5) is 17.3 Å². The van der Waals surface area contributed by atoms with Gasteiger partial charge < -0.3 is 20.0 Å². The number of pyridine rings is 1. The van der Waals surface area contributed by atoms with Gasteiger partial charge in [0, 0.05) is 74.3 Å². The Labute approximate surface area is 337 Å². The Morgan fingerprint density at radius 2 is 1.64 bits per heavy atom. The molecule has 0 spiro atoms. The predicted octanol–water partition coefficient (Wildman–Crippen LogP) is 5.15. The van der Waals surface area contributed by atoms with E-state index in [-0.39, 0.29) is 29.0 Å². The van der Waals surface area contributed by atoms with Crippen molar-refractivity contribution in [1.29, 1.82) is 0 Å². The summed E-state index contributed by atoms with van der Waals surface area (Å²) in [6, 6.07) is 25.8. The molecule has 3 aliphatic heterocycles. The molecular formula is C43H46N8O6S. The number of sulfone groups is 1. The molecule has 4 amide bonds. The monoisotopic (exact) mass is 802 g/mol. The number of carbonyl (C=O) groups is 4. The van der Waals surface area contributed by atoms with E-state index >= 15 is 0 Å². The number of unbranched alkanes of at least 4 members (excludes halogenated alkanes) is 3. The number of aryl methyl sites for hydroxylation is 1. The van der Waals surface area contributed by atoms with E-state index in [9.17, 15) is 27.6 Å². The normalized spacial score (nSPS) is 17.2. The van der Waals surface area contributed by atoms with Crippen LogP contribution < -0.4 is 15.5 Å². The van der Waals surface area contributed by atoms with Crippen molar-refractivity contribution in [3.63, 3.8) is 0 Å². The van der Waals surface area contributed by atoms with E-state index in [0.717, 1.165) is 79.0 Å². The fourth-order valence-electron chi connectivity index (χ4n) is 8.05. The quantitative estimate of drug-likeness (QED) is 0.120. The summed E-state index contributed by atoms with van der Waals surface area (Å²) in [5.41, 5.74) is 6.92. The first kappa shape index (κ1) is 38.8. The third-order valence-electron chi connectivity index (χ3n) is 11.3. The number of carbonyl (C=O) groups excluding carboxylic acids is 4. The van der Waals surface area contributed by atoms with Crippen LogP contribution in [0.3, 0.4) is 0 Å². The topological polar surface area (TPSA) is 166 Å². The highest BCUT2D eigenvalue weighted by Gasteiger charge is 2.39. The highest BCUT2D eigenvalue weighted by Crippen LogP contribution is 2.29. The number of benzene rings is 3. The summed E-state index contributed by atoms with van der Waals surface area (Å²) in [5, 5.41) is 10.3. The molecule has 0 aliphatic carbocycles. The van der Waals surface area contributed by atoms with Gasteiger partial charge in [-0.25, -0.2) is 12.9 Å². The summed E-state index contributed by atoms with van der Waals surface area (Å²) in [6.45, 7) is 3.28. The van der Waals surface area contributed by atoms with Crippen LogP contribution in [0.5, 0.6) is 0 Å². The minimum atomic E-state index is -3.29. The highest BCUT2D eigenvalue weighted by molar-refractivity contribution is 7.90. The maximum atomic E-state index is 13.0. The van der Waals surface area contributed by atoms with E-state index in [4.69, 9.17) is 0 Å². The Balaban J connectivity index is 0.751. The molecule has 0 radical (unpaired) electrons. The average molecular weight is 803 g/mol. The summed E-state index contributed by atoms with van der Waals surface area (Å²) in [4.78, 5) is 60.6. The van der Waals surface area contributed by atoms with Crippen LogP contribution in [0.25, 0.3) is 16.9 Å². The number of nitrogens with zero attached hydrogens (tertiary/aromatic N) is 6. The van der Waals surface area contributed by atoms with Gasteiger partial charge in [0.25, 0.3) is 5.91 Å². The summed E-state index contributed by atoms with van der Waals surface area (Å²) >= 11 is 0. The van der Waals surface area contributed by atoms with E-state index in [1.54, 1.807) is 33.7 Å². The standard InChI is InChI=1S/C43H46N8O6S/c1-58(56,57)34-18-12-30(13-19-34)36-8-6-9-38-45-43(47-51(36)38)44-32-14-16-33(17-15-32)48-23-25-49(26-24-48)40(53)10-5-3-2-4-7-29-11-20-35-31(27-29)28-50(42(35)55)37-21-22-39(52)46-41(37)54/h6,8-9,11-20,27,37H,2-5,7,10,21-26,28H2,1H3,(H,44,47)(H,46,52,54). The molecule has 2 N–H and O–H groups in total. The lowest BCUT2D eigenvalue weighted by Crippen LogP contribution is -2.52. The van der Waals surface area contributed by atoms with Crippen molar-refractivity contribution < 1.29 is 27.6 Å². The molecule has 1 unspecified atom stereocenters. The Morgan fingerprint density at radius 3 is 2.38 bits per heavy atom. The summed E-state index contributed by atoms with van der Waals surface area (Å²) in [5.74, 6) is -0.190. The van der Waals surface area contributed by atoms with Gasteiger partial charge in [-0.2, -0.15) is 4.98 Å². The predicted molar refractivity (Wildman–Crippen MR) is 219 cm³/mol. The highest BCUT2D eigenvalue weighted by atomic mass is 32.2. The second kappa shape index (κ2) is 16.4. The third kappa shape index (κ3) is 8.44. The first-order valence-electron chi connectivity index (χ1n) is 19.8. The molecule has 8 rings (SSSR count). The molecule has 2 fully saturated rings. The van der Waals surface area contributed by atoms with Gasteiger partial charge in [0.05, 0.1) is 10.6 Å². The van der Waals surface area contributed by atoms with Crippen molar-refractivity contribution in [3.8, 4) is 11.3 Å². The molecule has 5 aromatic rings. The number of piperazine rings is 1. The summed E-state index contributed by atoms with van der Waals surface area (Å²) < 4.78 is 25.5. The number of imide groups is 1. The number of rotatable bonds is 13. The number of amides is 4. The number of aromatic nitrogens is 3. The summed E-state index contributed by atoms with van der Waals surface area (Å²) in [7, 11) is -3.29. The number of piperidine rings is 1. The van der Waals surface area contributed by atoms with Crippen molar-refractivity contribution in [1.82, 2.24) is 29.7 Å². The maximum absolute atomic E-state index is 13.0. The molecule has 15 heteroatoms. The van der Waals surface area contributed by atoms with E-state index in [1.807, 2.05) is 47.4 Å². The summed E-state index contributed by atoms with van der Waals surface area (Å²) in [6.07, 6.45) is 7.06. The van der Waals surface area contributed by atoms with E-state index in [0.29, 0.717) is 49.6 Å². The van der Waals surface area contributed by atoms with Crippen LogP contribution in [0, 0.1) is 0 Å². The minimum Gasteiger partial charge on any atom is -0.368 e. The largest absolute Gasteiger partial charge is 0.368 e. The first-order valence-corrected chi connectivity index (χ1v) is 21.7. The van der Waals surface area contributed by atoms with Crippen molar-refractivity contribution in [2.75, 3.05) is 42.7 Å². The van der Waals surface area contributed by atoms with E-state index in [2.05, 4.69) is 43.8 Å². The smallest absolute Gasteiger partial charge is 0.255 e. The van der Waals surface area contributed by atoms with Gasteiger partial charge >= 0.3 is 0 Å². The average Bonchev–Trinajstić information content (AvgIpc) is 3.78. The van der Waals surface area contributed by atoms with Gasteiger partial charge in [0.1, 0.15) is 6.04 Å². The third-order valence-corrected chi connectivity index (χ3v) is 12.4. The molecular weight excluding hydrogens is 757 g/mol. The van der Waals surface area contributed by atoms with Crippen LogP contribution in [0.1, 0.15) is 66.4 Å². The Bertz CT molecular complexity index is 2480. The second-order valence-corrected chi connectivity index (χ2v) is 17.3. The molecule has 3 aromatic carbocycles. The number of hydrogen-bond donors (Lipinski definition) is 2. The molecule has 5 heterocycles. The van der Waals surface area contributed by atoms with Gasteiger partial charge in [0.2, 0.25) is 23.7 Å². The fourth-order valence-corrected chi connectivity index (χ4v) is 8.68. The van der Waals surface area contributed by atoms with Crippen molar-refractivity contribution in [2.45, 2.75) is 68.8 Å². The zero-order valence-electron chi connectivity index (χ0n) is 32.4. The molecule has 2 saturated heterocycles. The van der Waals surface area contributed by atoms with Gasteiger partial charge in [-0.1, -0.05) is 43.2 Å². The Kier molecular flexibility index (Phi) is 11.0. The second-order valence-electron chi connectivity index (χ2n) is 15.3.